The Morgan fingerprint density at radius 1 is 1.07 bits per heavy atom. The molecule has 0 bridgehead atoms. The van der Waals surface area contributed by atoms with Gasteiger partial charge in [-0.1, -0.05) is 24.3 Å². The molecule has 0 aliphatic carbocycles. The topological polar surface area (TPSA) is 70.6 Å². The highest BCUT2D eigenvalue weighted by Gasteiger charge is 2.40. The molecule has 7 heteroatoms. The maximum Gasteiger partial charge on any atom is 0.175 e. The third kappa shape index (κ3) is 3.84. The molecular weight excluding hydrogens is 378 g/mol. The van der Waals surface area contributed by atoms with Crippen molar-refractivity contribution in [2.24, 2.45) is 4.99 Å². The van der Waals surface area contributed by atoms with E-state index in [1.807, 2.05) is 36.0 Å². The third-order valence-electron chi connectivity index (χ3n) is 5.10. The van der Waals surface area contributed by atoms with Gasteiger partial charge < -0.3 is 10.6 Å². The molecule has 2 aliphatic rings. The molecular formula is C20H23N3O2S2. The first kappa shape index (κ1) is 18.4. The smallest absolute Gasteiger partial charge is 0.175 e. The van der Waals surface area contributed by atoms with E-state index in [0.717, 1.165) is 47.1 Å². The lowest BCUT2D eigenvalue weighted by atomic mass is 9.87. The van der Waals surface area contributed by atoms with Gasteiger partial charge in [-0.3, -0.25) is 4.99 Å². The van der Waals surface area contributed by atoms with Crippen LogP contribution in [0.25, 0.3) is 0 Å². The van der Waals surface area contributed by atoms with Gasteiger partial charge in [-0.2, -0.15) is 11.8 Å². The van der Waals surface area contributed by atoms with Crippen LogP contribution >= 0.6 is 11.8 Å². The van der Waals surface area contributed by atoms with Gasteiger partial charge in [-0.05, 0) is 54.2 Å². The molecule has 5 nitrogen and oxygen atoms in total. The van der Waals surface area contributed by atoms with E-state index in [9.17, 15) is 8.42 Å². The quantitative estimate of drug-likeness (QED) is 0.819. The summed E-state index contributed by atoms with van der Waals surface area (Å²) in [6.45, 7) is 0.449. The monoisotopic (exact) mass is 401 g/mol. The number of anilines is 2. The van der Waals surface area contributed by atoms with E-state index in [1.54, 1.807) is 18.2 Å². The van der Waals surface area contributed by atoms with Crippen molar-refractivity contribution in [1.82, 2.24) is 0 Å². The average Bonchev–Trinajstić information content (AvgIpc) is 2.66. The number of hydrogen-bond acceptors (Lipinski definition) is 5. The van der Waals surface area contributed by atoms with Gasteiger partial charge in [-0.25, -0.2) is 8.42 Å². The Bertz CT molecular complexity index is 980. The second-order valence-corrected chi connectivity index (χ2v) is 10.3. The fourth-order valence-electron chi connectivity index (χ4n) is 3.58. The van der Waals surface area contributed by atoms with Crippen molar-refractivity contribution < 1.29 is 8.42 Å². The second-order valence-electron chi connectivity index (χ2n) is 7.07. The maximum atomic E-state index is 11.8. The van der Waals surface area contributed by atoms with Gasteiger partial charge in [0.1, 0.15) is 5.84 Å². The Hall–Kier alpha value is -1.99. The predicted molar refractivity (Wildman–Crippen MR) is 114 cm³/mol. The van der Waals surface area contributed by atoms with E-state index >= 15 is 0 Å². The fraction of sp³-hybridized carbons (Fsp3) is 0.350. The Kier molecular flexibility index (Phi) is 4.90. The van der Waals surface area contributed by atoms with Crippen LogP contribution in [-0.4, -0.2) is 37.6 Å². The molecule has 0 aromatic heterocycles. The molecule has 1 saturated heterocycles. The lowest BCUT2D eigenvalue weighted by Crippen LogP contribution is -2.54. The SMILES string of the molecule is CS(=O)(=O)c1cccc(CN=C2Nc3ccccc3NC23CCSCC3)c1. The zero-order valence-corrected chi connectivity index (χ0v) is 16.9. The summed E-state index contributed by atoms with van der Waals surface area (Å²) < 4.78 is 23.6. The Morgan fingerprint density at radius 2 is 1.81 bits per heavy atom. The number of aliphatic imine (C=N–C) groups is 1. The van der Waals surface area contributed by atoms with Crippen molar-refractivity contribution in [3.8, 4) is 0 Å². The summed E-state index contributed by atoms with van der Waals surface area (Å²) >= 11 is 1.98. The van der Waals surface area contributed by atoms with Crippen LogP contribution in [0.3, 0.4) is 0 Å². The van der Waals surface area contributed by atoms with Crippen LogP contribution in [0, 0.1) is 0 Å². The first-order valence-corrected chi connectivity index (χ1v) is 12.1. The van der Waals surface area contributed by atoms with Crippen molar-refractivity contribution >= 4 is 38.8 Å². The highest BCUT2D eigenvalue weighted by molar-refractivity contribution is 7.99. The van der Waals surface area contributed by atoms with Gasteiger partial charge in [0.05, 0.1) is 28.4 Å². The number of fused-ring (bicyclic) bond motifs is 1. The van der Waals surface area contributed by atoms with Crippen molar-refractivity contribution in [2.75, 3.05) is 28.4 Å². The van der Waals surface area contributed by atoms with Crippen LogP contribution in [0.4, 0.5) is 11.4 Å². The molecule has 0 atom stereocenters. The second kappa shape index (κ2) is 7.20. The van der Waals surface area contributed by atoms with Gasteiger partial charge in [0.15, 0.2) is 9.84 Å². The fourth-order valence-corrected chi connectivity index (χ4v) is 5.46. The number of nitrogens with zero attached hydrogens (tertiary/aromatic N) is 1. The maximum absolute atomic E-state index is 11.8. The molecule has 142 valence electrons. The minimum absolute atomic E-state index is 0.173. The summed E-state index contributed by atoms with van der Waals surface area (Å²) in [5.74, 6) is 3.14. The summed E-state index contributed by atoms with van der Waals surface area (Å²) in [5.41, 5.74) is 2.87. The predicted octanol–water partition coefficient (Wildman–Crippen LogP) is 3.79. The average molecular weight is 402 g/mol. The van der Waals surface area contributed by atoms with Gasteiger partial charge >= 0.3 is 0 Å². The molecule has 0 unspecified atom stereocenters. The van der Waals surface area contributed by atoms with Crippen LogP contribution in [0.1, 0.15) is 18.4 Å². The van der Waals surface area contributed by atoms with Gasteiger partial charge in [0.2, 0.25) is 0 Å². The highest BCUT2D eigenvalue weighted by atomic mass is 32.2. The Morgan fingerprint density at radius 3 is 2.56 bits per heavy atom. The molecule has 2 aliphatic heterocycles. The number of thioether (sulfide) groups is 1. The molecule has 27 heavy (non-hydrogen) atoms. The Balaban J connectivity index is 1.66. The van der Waals surface area contributed by atoms with E-state index in [0.29, 0.717) is 11.4 Å². The number of amidine groups is 1. The number of hydrogen-bond donors (Lipinski definition) is 2. The molecule has 2 heterocycles. The summed E-state index contributed by atoms with van der Waals surface area (Å²) in [6.07, 6.45) is 3.26. The van der Waals surface area contributed by atoms with Crippen LogP contribution < -0.4 is 10.6 Å². The van der Waals surface area contributed by atoms with Crippen molar-refractivity contribution in [1.29, 1.82) is 0 Å². The van der Waals surface area contributed by atoms with Gasteiger partial charge in [-0.15, -0.1) is 0 Å². The summed E-state index contributed by atoms with van der Waals surface area (Å²) in [5, 5.41) is 7.26. The van der Waals surface area contributed by atoms with Crippen LogP contribution in [-0.2, 0) is 16.4 Å². The van der Waals surface area contributed by atoms with Crippen LogP contribution in [0.15, 0.2) is 58.4 Å². The summed E-state index contributed by atoms with van der Waals surface area (Å²) in [4.78, 5) is 5.23. The zero-order valence-electron chi connectivity index (χ0n) is 15.2. The standard InChI is InChI=1S/C20H23N3O2S2/c1-27(24,25)16-6-4-5-15(13-16)14-21-19-20(9-11-26-12-10-20)23-18-8-3-2-7-17(18)22-19/h2-8,13,23H,9-12,14H2,1H3,(H,21,22). The number of para-hydroxylation sites is 2. The summed E-state index contributed by atoms with van der Waals surface area (Å²) in [6, 6.07) is 15.2. The molecule has 0 radical (unpaired) electrons. The first-order chi connectivity index (χ1) is 13.0. The number of nitrogens with one attached hydrogen (secondary N) is 2. The first-order valence-electron chi connectivity index (χ1n) is 9.02. The number of sulfone groups is 1. The van der Waals surface area contributed by atoms with Crippen molar-refractivity contribution in [3.63, 3.8) is 0 Å². The van der Waals surface area contributed by atoms with Crippen LogP contribution in [0.2, 0.25) is 0 Å². The molecule has 0 saturated carbocycles. The molecule has 2 aromatic rings. The number of benzene rings is 2. The number of rotatable bonds is 3. The molecule has 1 fully saturated rings. The minimum atomic E-state index is -3.21. The summed E-state index contributed by atoms with van der Waals surface area (Å²) in [7, 11) is -3.21. The van der Waals surface area contributed by atoms with Crippen LogP contribution in [0.5, 0.6) is 0 Å². The molecule has 1 spiro atoms. The third-order valence-corrected chi connectivity index (χ3v) is 7.20. The Labute approximate surface area is 164 Å². The minimum Gasteiger partial charge on any atom is -0.371 e. The molecule has 0 amide bonds. The molecule has 2 aromatic carbocycles. The highest BCUT2D eigenvalue weighted by Crippen LogP contribution is 2.38. The lowest BCUT2D eigenvalue weighted by molar-refractivity contribution is 0.559. The lowest BCUT2D eigenvalue weighted by Gasteiger charge is -2.43. The van der Waals surface area contributed by atoms with E-state index in [2.05, 4.69) is 16.7 Å². The zero-order chi connectivity index (χ0) is 18.9. The van der Waals surface area contributed by atoms with Gasteiger partial charge in [0, 0.05) is 6.26 Å². The normalized spacial score (nSPS) is 20.0. The van der Waals surface area contributed by atoms with Crippen molar-refractivity contribution in [2.45, 2.75) is 29.8 Å². The van der Waals surface area contributed by atoms with E-state index in [4.69, 9.17) is 4.99 Å². The van der Waals surface area contributed by atoms with E-state index in [1.165, 1.54) is 6.26 Å². The van der Waals surface area contributed by atoms with E-state index < -0.39 is 9.84 Å². The molecule has 2 N–H and O–H groups in total. The largest absolute Gasteiger partial charge is 0.371 e. The molecule has 4 rings (SSSR count). The van der Waals surface area contributed by atoms with Gasteiger partial charge in [0.25, 0.3) is 0 Å². The van der Waals surface area contributed by atoms with E-state index in [-0.39, 0.29) is 5.54 Å². The van der Waals surface area contributed by atoms with Crippen molar-refractivity contribution in [3.05, 3.63) is 54.1 Å².